The highest BCUT2D eigenvalue weighted by atomic mass is 19.1. The molecule has 1 N–H and O–H groups in total. The van der Waals surface area contributed by atoms with Gasteiger partial charge in [0.25, 0.3) is 0 Å². The van der Waals surface area contributed by atoms with Gasteiger partial charge in [-0.1, -0.05) is 133 Å². The second kappa shape index (κ2) is 11.3. The molecule has 0 amide bonds. The number of rotatable bonds is 5. The second-order valence-corrected chi connectivity index (χ2v) is 12.9. The van der Waals surface area contributed by atoms with E-state index in [9.17, 15) is 0 Å². The Labute approximate surface area is 289 Å². The highest BCUT2D eigenvalue weighted by Gasteiger charge is 2.54. The molecule has 0 aliphatic carbocycles. The Morgan fingerprint density at radius 1 is 0.520 bits per heavy atom. The molecule has 0 saturated carbocycles. The first-order chi connectivity index (χ1) is 24.7. The van der Waals surface area contributed by atoms with Crippen LogP contribution in [0.5, 0.6) is 0 Å². The molecule has 234 valence electrons. The van der Waals surface area contributed by atoms with Crippen molar-refractivity contribution < 1.29 is 8.80 Å². The van der Waals surface area contributed by atoms with Crippen LogP contribution < -0.4 is 0 Å². The van der Waals surface area contributed by atoms with Gasteiger partial charge in [-0.3, -0.25) is 4.48 Å². The van der Waals surface area contributed by atoms with Gasteiger partial charge in [-0.05, 0) is 58.7 Å². The maximum atomic E-state index is 18.1. The van der Waals surface area contributed by atoms with Crippen molar-refractivity contribution in [3.05, 3.63) is 204 Å². The number of H-pyrrole nitrogens is 1. The molecule has 10 rings (SSSR count). The average molecular weight is 643 g/mol. The Kier molecular flexibility index (Phi) is 6.46. The van der Waals surface area contributed by atoms with E-state index in [0.29, 0.717) is 0 Å². The van der Waals surface area contributed by atoms with Crippen LogP contribution in [0.1, 0.15) is 22.4 Å². The third kappa shape index (κ3) is 4.33. The first-order valence-corrected chi connectivity index (χ1v) is 17.0. The molecule has 4 heterocycles. The van der Waals surface area contributed by atoms with Crippen molar-refractivity contribution in [3.63, 3.8) is 0 Å². The quantitative estimate of drug-likeness (QED) is 0.181. The van der Waals surface area contributed by atoms with E-state index in [-0.39, 0.29) is 0 Å². The normalized spacial score (nSPS) is 14.0. The van der Waals surface area contributed by atoms with Crippen molar-refractivity contribution in [2.24, 2.45) is 0 Å². The summed E-state index contributed by atoms with van der Waals surface area (Å²) >= 11 is 0. The molecular formula is C45H30BFN3+. The summed E-state index contributed by atoms with van der Waals surface area (Å²) in [4.78, 5) is 3.60. The molecule has 8 aromatic rings. The summed E-state index contributed by atoms with van der Waals surface area (Å²) in [7, 11) is -1.51. The summed E-state index contributed by atoms with van der Waals surface area (Å²) in [5.74, 6) is 0. The zero-order chi connectivity index (χ0) is 33.2. The van der Waals surface area contributed by atoms with Gasteiger partial charge < -0.3 is 4.98 Å². The van der Waals surface area contributed by atoms with E-state index < -0.39 is 7.26 Å². The molecular weight excluding hydrogens is 612 g/mol. The molecule has 0 fully saturated rings. The number of para-hydroxylation sites is 1. The standard InChI is InChI=1S/C45H29BFN3/c47-46-49-41(32-19-9-3-10-20-32)28-36(30-15-5-1-6-16-30)44(49)43(34-25-26-40-38(27-34)35-23-13-14-24-39(35)48-40)45-37(31-17-7-2-8-18-31)29-42(50(45)46)33-21-11-4-12-22-33/h1-29H/p+1. The van der Waals surface area contributed by atoms with Crippen molar-refractivity contribution in [2.45, 2.75) is 0 Å². The fourth-order valence-corrected chi connectivity index (χ4v) is 7.85. The van der Waals surface area contributed by atoms with Gasteiger partial charge in [0.05, 0.1) is 16.8 Å². The first-order valence-electron chi connectivity index (χ1n) is 17.0. The van der Waals surface area contributed by atoms with Crippen LogP contribution >= 0.6 is 0 Å². The summed E-state index contributed by atoms with van der Waals surface area (Å²) in [6, 6.07) is 58.4. The van der Waals surface area contributed by atoms with E-state index in [2.05, 4.69) is 132 Å². The molecule has 0 saturated heterocycles. The zero-order valence-corrected chi connectivity index (χ0v) is 27.1. The van der Waals surface area contributed by atoms with Crippen LogP contribution in [-0.4, -0.2) is 26.9 Å². The Morgan fingerprint density at radius 3 is 1.80 bits per heavy atom. The molecule has 0 bridgehead atoms. The molecule has 50 heavy (non-hydrogen) atoms. The number of hydrogen-bond donors (Lipinski definition) is 1. The molecule has 2 aliphatic rings. The first kappa shape index (κ1) is 28.5. The van der Waals surface area contributed by atoms with Gasteiger partial charge in [0.15, 0.2) is 5.71 Å². The smallest absolute Gasteiger partial charge is 0.355 e. The summed E-state index contributed by atoms with van der Waals surface area (Å²) in [5, 5.41) is 2.30. The number of hydrogen-bond acceptors (Lipinski definition) is 0. The predicted molar refractivity (Wildman–Crippen MR) is 205 cm³/mol. The lowest BCUT2D eigenvalue weighted by molar-refractivity contribution is -0.332. The monoisotopic (exact) mass is 642 g/mol. The zero-order valence-electron chi connectivity index (χ0n) is 27.1. The van der Waals surface area contributed by atoms with Gasteiger partial charge in [0, 0.05) is 44.7 Å². The van der Waals surface area contributed by atoms with Crippen molar-refractivity contribution in [1.29, 1.82) is 0 Å². The van der Waals surface area contributed by atoms with Gasteiger partial charge in [-0.2, -0.15) is 0 Å². The van der Waals surface area contributed by atoms with E-state index in [0.717, 1.165) is 89.1 Å². The second-order valence-electron chi connectivity index (χ2n) is 12.9. The Morgan fingerprint density at radius 2 is 1.10 bits per heavy atom. The molecule has 0 unspecified atom stereocenters. The number of fused-ring (bicyclic) bond motifs is 5. The van der Waals surface area contributed by atoms with Crippen LogP contribution in [0.25, 0.3) is 55.3 Å². The Bertz CT molecular complexity index is 2690. The van der Waals surface area contributed by atoms with Crippen molar-refractivity contribution in [1.82, 2.24) is 9.46 Å². The van der Waals surface area contributed by atoms with Crippen LogP contribution in [0.15, 0.2) is 182 Å². The number of nitrogens with one attached hydrogen (secondary N) is 1. The number of benzene rings is 6. The minimum absolute atomic E-state index is 0.831. The number of allylic oxidation sites excluding steroid dienone is 2. The lowest BCUT2D eigenvalue weighted by Gasteiger charge is -2.24. The average Bonchev–Trinajstić information content (AvgIpc) is 3.89. The van der Waals surface area contributed by atoms with E-state index >= 15 is 4.32 Å². The van der Waals surface area contributed by atoms with Crippen LogP contribution in [0.2, 0.25) is 0 Å². The summed E-state index contributed by atoms with van der Waals surface area (Å²) in [6.45, 7) is 0. The SMILES string of the molecule is FB1n2c(-c3ccccc3)cc(-c3ccccc3)c2C(c2ccc3[nH]c4ccccc4c3c2)=C2C(c3ccccc3)=CC(c3ccccc3)=[N+]12. The fourth-order valence-electron chi connectivity index (χ4n) is 7.85. The third-order valence-electron chi connectivity index (χ3n) is 10.1. The number of halogens is 1. The third-order valence-corrected chi connectivity index (χ3v) is 10.1. The van der Waals surface area contributed by atoms with E-state index in [1.807, 2.05) is 57.5 Å². The van der Waals surface area contributed by atoms with Crippen LogP contribution in [-0.2, 0) is 0 Å². The lowest BCUT2D eigenvalue weighted by Crippen LogP contribution is -2.41. The molecule has 0 atom stereocenters. The molecule has 6 aromatic carbocycles. The topological polar surface area (TPSA) is 23.7 Å². The highest BCUT2D eigenvalue weighted by Crippen LogP contribution is 2.48. The maximum absolute atomic E-state index is 18.1. The van der Waals surface area contributed by atoms with Crippen molar-refractivity contribution in [2.75, 3.05) is 0 Å². The maximum Gasteiger partial charge on any atom is 0.847 e. The largest absolute Gasteiger partial charge is 0.847 e. The Hall–Kier alpha value is -6.46. The van der Waals surface area contributed by atoms with Crippen molar-refractivity contribution >= 4 is 45.9 Å². The van der Waals surface area contributed by atoms with Crippen LogP contribution in [0, 0.1) is 0 Å². The Balaban J connectivity index is 1.38. The van der Waals surface area contributed by atoms with Crippen LogP contribution in [0.3, 0.4) is 0 Å². The number of nitrogens with zero attached hydrogens (tertiary/aromatic N) is 2. The summed E-state index contributed by atoms with van der Waals surface area (Å²) in [6.07, 6.45) is 2.17. The van der Waals surface area contributed by atoms with Gasteiger partial charge in [-0.25, -0.2) is 8.80 Å². The van der Waals surface area contributed by atoms with Gasteiger partial charge in [-0.15, -0.1) is 0 Å². The molecule has 0 spiro atoms. The minimum Gasteiger partial charge on any atom is -0.355 e. The molecule has 2 aromatic heterocycles. The van der Waals surface area contributed by atoms with Crippen LogP contribution in [0.4, 0.5) is 4.32 Å². The van der Waals surface area contributed by atoms with Gasteiger partial charge >= 0.3 is 7.26 Å². The summed E-state index contributed by atoms with van der Waals surface area (Å²) in [5.41, 5.74) is 13.6. The van der Waals surface area contributed by atoms with Gasteiger partial charge in [0.2, 0.25) is 5.70 Å². The van der Waals surface area contributed by atoms with E-state index in [4.69, 9.17) is 0 Å². The van der Waals surface area contributed by atoms with E-state index in [1.54, 1.807) is 0 Å². The van der Waals surface area contributed by atoms with Crippen molar-refractivity contribution in [3.8, 4) is 22.4 Å². The summed E-state index contributed by atoms with van der Waals surface area (Å²) < 4.78 is 22.0. The minimum atomic E-state index is -1.51. The predicted octanol–water partition coefficient (Wildman–Crippen LogP) is 10.6. The molecule has 5 heteroatoms. The fraction of sp³-hybridized carbons (Fsp3) is 0. The number of aromatic amines is 1. The van der Waals surface area contributed by atoms with E-state index in [1.165, 1.54) is 0 Å². The highest BCUT2D eigenvalue weighted by molar-refractivity contribution is 6.46. The molecule has 3 nitrogen and oxygen atoms in total. The molecule has 2 aliphatic heterocycles. The van der Waals surface area contributed by atoms with Gasteiger partial charge in [0.1, 0.15) is 0 Å². The molecule has 0 radical (unpaired) electrons. The number of aromatic nitrogens is 2. The lowest BCUT2D eigenvalue weighted by atomic mass is 9.84.